The van der Waals surface area contributed by atoms with Crippen molar-refractivity contribution in [3.63, 3.8) is 0 Å². The number of ether oxygens (including phenoxy) is 1. The highest BCUT2D eigenvalue weighted by Crippen LogP contribution is 2.33. The van der Waals surface area contributed by atoms with Crippen LogP contribution in [0.4, 0.5) is 0 Å². The van der Waals surface area contributed by atoms with Crippen LogP contribution < -0.4 is 15.7 Å². The molecule has 2 N–H and O–H groups in total. The van der Waals surface area contributed by atoms with E-state index in [1.165, 1.54) is 0 Å². The van der Waals surface area contributed by atoms with Gasteiger partial charge >= 0.3 is 5.69 Å². The highest BCUT2D eigenvalue weighted by atomic mass is 16.5. The van der Waals surface area contributed by atoms with Crippen molar-refractivity contribution < 1.29 is 9.53 Å². The second-order valence-corrected chi connectivity index (χ2v) is 8.56. The molecule has 0 spiro atoms. The van der Waals surface area contributed by atoms with Crippen LogP contribution in [-0.2, 0) is 6.54 Å². The molecule has 0 aliphatic heterocycles. The minimum absolute atomic E-state index is 0.202. The lowest BCUT2D eigenvalue weighted by atomic mass is 9.97. The number of methoxy groups -OCH3 is 1. The summed E-state index contributed by atoms with van der Waals surface area (Å²) in [5.41, 5.74) is 6.24. The van der Waals surface area contributed by atoms with Gasteiger partial charge in [0.25, 0.3) is 5.91 Å². The standard InChI is InChI=1S/C28H27N5O3/c1-18-26(19(2)33(31-18)20-9-5-4-6-10-20)22-14-13-21(36-3)17-23(22)27(34)29-15-16-32-25-12-8-7-11-24(25)30-28(32)35/h4-14,17H,15-16H2,1-3H3,(H,29,34)(H,30,35). The first-order valence-corrected chi connectivity index (χ1v) is 11.7. The summed E-state index contributed by atoms with van der Waals surface area (Å²) in [6.45, 7) is 4.57. The number of fused-ring (bicyclic) bond motifs is 1. The molecule has 5 aromatic rings. The van der Waals surface area contributed by atoms with Crippen molar-refractivity contribution >= 4 is 16.9 Å². The molecule has 3 aromatic carbocycles. The lowest BCUT2D eigenvalue weighted by Crippen LogP contribution is -2.30. The largest absolute Gasteiger partial charge is 0.497 e. The first-order valence-electron chi connectivity index (χ1n) is 11.7. The Morgan fingerprint density at radius 3 is 2.56 bits per heavy atom. The highest BCUT2D eigenvalue weighted by Gasteiger charge is 2.21. The molecule has 1 amide bonds. The van der Waals surface area contributed by atoms with E-state index in [-0.39, 0.29) is 11.6 Å². The molecular weight excluding hydrogens is 454 g/mol. The Hall–Kier alpha value is -4.59. The van der Waals surface area contributed by atoms with Gasteiger partial charge in [0.05, 0.1) is 35.1 Å². The van der Waals surface area contributed by atoms with Crippen molar-refractivity contribution in [2.45, 2.75) is 20.4 Å². The Labute approximate surface area is 208 Å². The lowest BCUT2D eigenvalue weighted by Gasteiger charge is -2.13. The topological polar surface area (TPSA) is 93.9 Å². The average molecular weight is 482 g/mol. The first-order chi connectivity index (χ1) is 17.5. The van der Waals surface area contributed by atoms with Crippen LogP contribution >= 0.6 is 0 Å². The number of para-hydroxylation sites is 3. The fourth-order valence-corrected chi connectivity index (χ4v) is 4.61. The fraction of sp³-hybridized carbons (Fsp3) is 0.179. The number of rotatable bonds is 7. The SMILES string of the molecule is COc1ccc(-c2c(C)nn(-c3ccccc3)c2C)c(C(=O)NCCn2c(=O)[nH]c3ccccc32)c1. The molecule has 0 saturated carbocycles. The van der Waals surface area contributed by atoms with Crippen LogP contribution in [0.1, 0.15) is 21.7 Å². The van der Waals surface area contributed by atoms with E-state index in [0.717, 1.165) is 39.2 Å². The number of H-pyrrole nitrogens is 1. The molecule has 0 aliphatic rings. The molecule has 8 heteroatoms. The lowest BCUT2D eigenvalue weighted by molar-refractivity contribution is 0.0952. The summed E-state index contributed by atoms with van der Waals surface area (Å²) in [4.78, 5) is 28.6. The number of aryl methyl sites for hydroxylation is 1. The number of hydrogen-bond acceptors (Lipinski definition) is 4. The average Bonchev–Trinajstić information content (AvgIpc) is 3.38. The van der Waals surface area contributed by atoms with Crippen LogP contribution in [-0.4, -0.2) is 38.9 Å². The number of imidazole rings is 1. The molecule has 0 unspecified atom stereocenters. The smallest absolute Gasteiger partial charge is 0.326 e. The summed E-state index contributed by atoms with van der Waals surface area (Å²) in [6.07, 6.45) is 0. The van der Waals surface area contributed by atoms with Gasteiger partial charge in [-0.25, -0.2) is 9.48 Å². The Bertz CT molecular complexity index is 1610. The van der Waals surface area contributed by atoms with Gasteiger partial charge < -0.3 is 15.0 Å². The Morgan fingerprint density at radius 2 is 1.78 bits per heavy atom. The Kier molecular flexibility index (Phi) is 6.16. The van der Waals surface area contributed by atoms with E-state index < -0.39 is 0 Å². The summed E-state index contributed by atoms with van der Waals surface area (Å²) >= 11 is 0. The maximum absolute atomic E-state index is 13.4. The third-order valence-electron chi connectivity index (χ3n) is 6.34. The van der Waals surface area contributed by atoms with Gasteiger partial charge in [0.2, 0.25) is 0 Å². The Balaban J connectivity index is 1.45. The van der Waals surface area contributed by atoms with Crippen LogP contribution in [0.15, 0.2) is 77.6 Å². The van der Waals surface area contributed by atoms with Gasteiger partial charge in [-0.3, -0.25) is 9.36 Å². The molecule has 0 fully saturated rings. The monoisotopic (exact) mass is 481 g/mol. The van der Waals surface area contributed by atoms with Gasteiger partial charge in [-0.2, -0.15) is 5.10 Å². The normalized spacial score (nSPS) is 11.1. The number of amides is 1. The number of aromatic amines is 1. The van der Waals surface area contributed by atoms with Crippen LogP contribution in [0, 0.1) is 13.8 Å². The number of nitrogens with zero attached hydrogens (tertiary/aromatic N) is 3. The van der Waals surface area contributed by atoms with Gasteiger partial charge in [-0.15, -0.1) is 0 Å². The van der Waals surface area contributed by atoms with E-state index in [1.54, 1.807) is 17.7 Å². The number of carbonyl (C=O) groups is 1. The zero-order valence-corrected chi connectivity index (χ0v) is 20.4. The van der Waals surface area contributed by atoms with Crippen molar-refractivity contribution in [2.24, 2.45) is 0 Å². The number of carbonyl (C=O) groups excluding carboxylic acids is 1. The van der Waals surface area contributed by atoms with E-state index in [2.05, 4.69) is 10.3 Å². The number of benzene rings is 3. The predicted octanol–water partition coefficient (Wildman–Crippen LogP) is 4.24. The third kappa shape index (κ3) is 4.17. The maximum Gasteiger partial charge on any atom is 0.326 e. The summed E-state index contributed by atoms with van der Waals surface area (Å²) in [7, 11) is 1.57. The van der Waals surface area contributed by atoms with E-state index >= 15 is 0 Å². The highest BCUT2D eigenvalue weighted by molar-refractivity contribution is 6.02. The Morgan fingerprint density at radius 1 is 1.03 bits per heavy atom. The van der Waals surface area contributed by atoms with Crippen molar-refractivity contribution in [1.82, 2.24) is 24.6 Å². The summed E-state index contributed by atoms with van der Waals surface area (Å²) < 4.78 is 8.92. The molecule has 0 aliphatic carbocycles. The number of aromatic nitrogens is 4. The van der Waals surface area contributed by atoms with Crippen LogP contribution in [0.2, 0.25) is 0 Å². The van der Waals surface area contributed by atoms with Gasteiger partial charge in [0.15, 0.2) is 0 Å². The zero-order chi connectivity index (χ0) is 25.2. The number of nitrogens with one attached hydrogen (secondary N) is 2. The minimum atomic E-state index is -0.247. The molecule has 0 radical (unpaired) electrons. The molecule has 5 rings (SSSR count). The van der Waals surface area contributed by atoms with Crippen molar-refractivity contribution in [1.29, 1.82) is 0 Å². The van der Waals surface area contributed by atoms with Gasteiger partial charge in [0.1, 0.15) is 5.75 Å². The van der Waals surface area contributed by atoms with Crippen LogP contribution in [0.5, 0.6) is 5.75 Å². The molecule has 8 nitrogen and oxygen atoms in total. The molecule has 0 bridgehead atoms. The third-order valence-corrected chi connectivity index (χ3v) is 6.34. The van der Waals surface area contributed by atoms with Crippen LogP contribution in [0.3, 0.4) is 0 Å². The van der Waals surface area contributed by atoms with Gasteiger partial charge in [-0.1, -0.05) is 30.3 Å². The zero-order valence-electron chi connectivity index (χ0n) is 20.4. The molecule has 0 saturated heterocycles. The van der Waals surface area contributed by atoms with E-state index in [9.17, 15) is 9.59 Å². The first kappa shape index (κ1) is 23.2. The van der Waals surface area contributed by atoms with Gasteiger partial charge in [0, 0.05) is 24.3 Å². The van der Waals surface area contributed by atoms with E-state index in [0.29, 0.717) is 24.4 Å². The minimum Gasteiger partial charge on any atom is -0.497 e. The van der Waals surface area contributed by atoms with Crippen LogP contribution in [0.25, 0.3) is 27.8 Å². The van der Waals surface area contributed by atoms with Gasteiger partial charge in [-0.05, 0) is 61.9 Å². The van der Waals surface area contributed by atoms with Crippen molar-refractivity contribution in [3.05, 3.63) is 100 Å². The second-order valence-electron chi connectivity index (χ2n) is 8.56. The molecule has 36 heavy (non-hydrogen) atoms. The molecule has 182 valence electrons. The van der Waals surface area contributed by atoms with Crippen molar-refractivity contribution in [3.8, 4) is 22.6 Å². The molecular formula is C28H27N5O3. The quantitative estimate of drug-likeness (QED) is 0.364. The molecule has 0 atom stereocenters. The van der Waals surface area contributed by atoms with Crippen molar-refractivity contribution in [2.75, 3.05) is 13.7 Å². The van der Waals surface area contributed by atoms with E-state index in [1.807, 2.05) is 85.3 Å². The molecule has 2 heterocycles. The summed E-state index contributed by atoms with van der Waals surface area (Å²) in [5, 5.41) is 7.72. The predicted molar refractivity (Wildman–Crippen MR) is 140 cm³/mol. The summed E-state index contributed by atoms with van der Waals surface area (Å²) in [5.74, 6) is 0.338. The number of hydrogen-bond donors (Lipinski definition) is 2. The fourth-order valence-electron chi connectivity index (χ4n) is 4.61. The molecule has 2 aromatic heterocycles. The summed E-state index contributed by atoms with van der Waals surface area (Å²) in [6, 6.07) is 22.9. The second kappa shape index (κ2) is 9.58. The maximum atomic E-state index is 13.4. The van der Waals surface area contributed by atoms with E-state index in [4.69, 9.17) is 9.84 Å².